The van der Waals surface area contributed by atoms with E-state index in [1.807, 2.05) is 30.3 Å². The van der Waals surface area contributed by atoms with Crippen LogP contribution in [-0.2, 0) is 0 Å². The Morgan fingerprint density at radius 1 is 1.17 bits per heavy atom. The summed E-state index contributed by atoms with van der Waals surface area (Å²) in [5.74, 6) is 0. The molecule has 0 spiro atoms. The van der Waals surface area contributed by atoms with Gasteiger partial charge in [0.25, 0.3) is 0 Å². The van der Waals surface area contributed by atoms with Crippen molar-refractivity contribution in [3.8, 4) is 0 Å². The molecule has 0 unspecified atom stereocenters. The van der Waals surface area contributed by atoms with Crippen LogP contribution in [0.15, 0.2) is 35.3 Å². The van der Waals surface area contributed by atoms with Gasteiger partial charge >= 0.3 is 0 Å². The third-order valence-electron chi connectivity index (χ3n) is 2.37. The van der Waals surface area contributed by atoms with Gasteiger partial charge in [0.1, 0.15) is 5.04 Å². The summed E-state index contributed by atoms with van der Waals surface area (Å²) in [5.41, 5.74) is 12.0. The number of hydrogen-bond donors (Lipinski definition) is 3. The van der Waals surface area contributed by atoms with E-state index in [0.717, 1.165) is 31.4 Å². The highest BCUT2D eigenvalue weighted by Gasteiger charge is 2.03. The lowest BCUT2D eigenvalue weighted by Crippen LogP contribution is -2.11. The number of unbranched alkanes of at least 4 members (excludes halogenated alkanes) is 2. The number of benzene rings is 1. The van der Waals surface area contributed by atoms with Crippen molar-refractivity contribution in [2.24, 2.45) is 16.5 Å². The molecule has 0 aromatic heterocycles. The van der Waals surface area contributed by atoms with Crippen molar-refractivity contribution in [1.82, 2.24) is 0 Å². The molecule has 1 aromatic rings. The van der Waals surface area contributed by atoms with E-state index in [4.69, 9.17) is 16.9 Å². The maximum absolute atomic E-state index is 7.89. The van der Waals surface area contributed by atoms with Gasteiger partial charge in [0, 0.05) is 12.1 Å². The zero-order valence-electron chi connectivity index (χ0n) is 10.4. The minimum atomic E-state index is 0.429. The first-order chi connectivity index (χ1) is 8.74. The maximum Gasteiger partial charge on any atom is 0.160 e. The number of nitrogens with one attached hydrogen (secondary N) is 1. The van der Waals surface area contributed by atoms with Crippen LogP contribution in [-0.4, -0.2) is 23.3 Å². The number of hydrogen-bond acceptors (Lipinski definition) is 4. The second kappa shape index (κ2) is 8.72. The second-order valence-electron chi connectivity index (χ2n) is 3.87. The van der Waals surface area contributed by atoms with Crippen LogP contribution < -0.4 is 11.5 Å². The highest BCUT2D eigenvalue weighted by atomic mass is 32.2. The van der Waals surface area contributed by atoms with Crippen LogP contribution in [0.4, 0.5) is 0 Å². The number of aliphatic imine (C=N–C) groups is 1. The first-order valence-electron chi connectivity index (χ1n) is 6.06. The fraction of sp³-hybridized carbons (Fsp3) is 0.385. The molecule has 0 radical (unpaired) electrons. The number of amidine groups is 1. The van der Waals surface area contributed by atoms with Crippen LogP contribution in [0.1, 0.15) is 24.8 Å². The molecule has 0 saturated carbocycles. The molecule has 0 fully saturated rings. The predicted molar refractivity (Wildman–Crippen MR) is 80.3 cm³/mol. The molecule has 0 aliphatic rings. The summed E-state index contributed by atoms with van der Waals surface area (Å²) in [6.07, 6.45) is 3.10. The van der Waals surface area contributed by atoms with Crippen molar-refractivity contribution in [1.29, 1.82) is 5.41 Å². The molecule has 5 N–H and O–H groups in total. The molecule has 0 saturated heterocycles. The normalized spacial score (nSPS) is 11.5. The van der Waals surface area contributed by atoms with Gasteiger partial charge < -0.3 is 11.5 Å². The van der Waals surface area contributed by atoms with Crippen molar-refractivity contribution in [2.45, 2.75) is 19.3 Å². The third-order valence-corrected chi connectivity index (χ3v) is 3.15. The molecule has 4 nitrogen and oxygen atoms in total. The zero-order chi connectivity index (χ0) is 13.2. The number of rotatable bonds is 6. The lowest BCUT2D eigenvalue weighted by Gasteiger charge is -2.03. The molecule has 1 aromatic carbocycles. The third kappa shape index (κ3) is 5.84. The SMILES string of the molecule is N=C(SC(N)=NCCCCCN)c1ccccc1. The van der Waals surface area contributed by atoms with Gasteiger partial charge in [-0.15, -0.1) is 0 Å². The zero-order valence-corrected chi connectivity index (χ0v) is 11.2. The molecule has 98 valence electrons. The van der Waals surface area contributed by atoms with E-state index in [1.54, 1.807) is 0 Å². The minimum absolute atomic E-state index is 0.429. The molecular formula is C13H20N4S. The molecule has 0 atom stereocenters. The van der Waals surface area contributed by atoms with E-state index < -0.39 is 0 Å². The van der Waals surface area contributed by atoms with Crippen molar-refractivity contribution in [3.05, 3.63) is 35.9 Å². The van der Waals surface area contributed by atoms with Crippen molar-refractivity contribution in [3.63, 3.8) is 0 Å². The molecule has 0 aliphatic heterocycles. The fourth-order valence-electron chi connectivity index (χ4n) is 1.41. The van der Waals surface area contributed by atoms with Gasteiger partial charge in [-0.2, -0.15) is 0 Å². The highest BCUT2D eigenvalue weighted by molar-refractivity contribution is 8.26. The van der Waals surface area contributed by atoms with Crippen LogP contribution >= 0.6 is 11.8 Å². The minimum Gasteiger partial charge on any atom is -0.378 e. The van der Waals surface area contributed by atoms with Gasteiger partial charge in [-0.25, -0.2) is 0 Å². The van der Waals surface area contributed by atoms with Gasteiger partial charge in [0.05, 0.1) is 0 Å². The monoisotopic (exact) mass is 264 g/mol. The number of thioether (sulfide) groups is 1. The van der Waals surface area contributed by atoms with E-state index in [2.05, 4.69) is 4.99 Å². The molecule has 0 heterocycles. The Morgan fingerprint density at radius 3 is 2.56 bits per heavy atom. The summed E-state index contributed by atoms with van der Waals surface area (Å²) in [4.78, 5) is 4.24. The van der Waals surface area contributed by atoms with Crippen molar-refractivity contribution < 1.29 is 0 Å². The van der Waals surface area contributed by atoms with Crippen LogP contribution in [0.2, 0.25) is 0 Å². The van der Waals surface area contributed by atoms with E-state index in [1.165, 1.54) is 11.8 Å². The summed E-state index contributed by atoms with van der Waals surface area (Å²) >= 11 is 1.20. The van der Waals surface area contributed by atoms with Crippen molar-refractivity contribution in [2.75, 3.05) is 13.1 Å². The van der Waals surface area contributed by atoms with Gasteiger partial charge in [-0.1, -0.05) is 36.8 Å². The highest BCUT2D eigenvalue weighted by Crippen LogP contribution is 2.11. The average Bonchev–Trinajstić information content (AvgIpc) is 2.39. The Kier molecular flexibility index (Phi) is 7.13. The largest absolute Gasteiger partial charge is 0.378 e. The molecule has 1 rings (SSSR count). The summed E-state index contributed by atoms with van der Waals surface area (Å²) < 4.78 is 0. The standard InChI is InChI=1S/C13H20N4S/c14-9-5-2-6-10-17-13(16)18-12(15)11-7-3-1-4-8-11/h1,3-4,7-8,15H,2,5-6,9-10,14H2,(H2,16,17). The van der Waals surface area contributed by atoms with E-state index in [-0.39, 0.29) is 0 Å². The van der Waals surface area contributed by atoms with E-state index in [0.29, 0.717) is 16.8 Å². The lowest BCUT2D eigenvalue weighted by atomic mass is 10.2. The first kappa shape index (κ1) is 14.7. The summed E-state index contributed by atoms with van der Waals surface area (Å²) in [5, 5.41) is 8.78. The summed E-state index contributed by atoms with van der Waals surface area (Å²) in [7, 11) is 0. The molecule has 5 heteroatoms. The van der Waals surface area contributed by atoms with Gasteiger partial charge in [0.2, 0.25) is 0 Å². The first-order valence-corrected chi connectivity index (χ1v) is 6.87. The van der Waals surface area contributed by atoms with E-state index in [9.17, 15) is 0 Å². The Hall–Kier alpha value is -1.33. The topological polar surface area (TPSA) is 88.2 Å². The average molecular weight is 264 g/mol. The molecular weight excluding hydrogens is 244 g/mol. The smallest absolute Gasteiger partial charge is 0.160 e. The Labute approximate surface area is 112 Å². The van der Waals surface area contributed by atoms with Crippen molar-refractivity contribution >= 4 is 22.0 Å². The fourth-order valence-corrected chi connectivity index (χ4v) is 2.03. The summed E-state index contributed by atoms with van der Waals surface area (Å²) in [6, 6.07) is 9.53. The predicted octanol–water partition coefficient (Wildman–Crippen LogP) is 2.19. The Balaban J connectivity index is 2.33. The molecule has 0 aliphatic carbocycles. The summed E-state index contributed by atoms with van der Waals surface area (Å²) in [6.45, 7) is 1.44. The number of nitrogens with two attached hydrogens (primary N) is 2. The van der Waals surface area contributed by atoms with Gasteiger partial charge in [0.15, 0.2) is 5.17 Å². The quantitative estimate of drug-likeness (QED) is 0.418. The van der Waals surface area contributed by atoms with Crippen LogP contribution in [0, 0.1) is 5.41 Å². The van der Waals surface area contributed by atoms with Crippen LogP contribution in [0.3, 0.4) is 0 Å². The maximum atomic E-state index is 7.89. The van der Waals surface area contributed by atoms with Gasteiger partial charge in [-0.05, 0) is 31.1 Å². The molecule has 0 amide bonds. The second-order valence-corrected chi connectivity index (χ2v) is 4.90. The molecule has 18 heavy (non-hydrogen) atoms. The molecule has 0 bridgehead atoms. The number of nitrogens with zero attached hydrogens (tertiary/aromatic N) is 1. The van der Waals surface area contributed by atoms with Gasteiger partial charge in [-0.3, -0.25) is 10.4 Å². The van der Waals surface area contributed by atoms with Crippen LogP contribution in [0.25, 0.3) is 0 Å². The van der Waals surface area contributed by atoms with Crippen LogP contribution in [0.5, 0.6) is 0 Å². The van der Waals surface area contributed by atoms with E-state index >= 15 is 0 Å². The Bertz CT molecular complexity index is 389. The Morgan fingerprint density at radius 2 is 1.89 bits per heavy atom. The lowest BCUT2D eigenvalue weighted by molar-refractivity contribution is 0.696.